The van der Waals surface area contributed by atoms with Crippen LogP contribution in [0.15, 0.2) is 77.9 Å². The molecule has 4 nitrogen and oxygen atoms in total. The third-order valence-corrected chi connectivity index (χ3v) is 5.06. The van der Waals surface area contributed by atoms with Crippen LogP contribution in [0.4, 0.5) is 0 Å². The first-order valence-corrected chi connectivity index (χ1v) is 9.20. The summed E-state index contributed by atoms with van der Waals surface area (Å²) < 4.78 is 0. The van der Waals surface area contributed by atoms with Crippen molar-refractivity contribution in [3.63, 3.8) is 0 Å². The lowest BCUT2D eigenvalue weighted by atomic mass is 10.1. The molecule has 0 heterocycles. The number of rotatable bonds is 3. The molecular formula is C25H17O4-. The highest BCUT2D eigenvalue weighted by atomic mass is 16.3. The van der Waals surface area contributed by atoms with Crippen molar-refractivity contribution in [3.05, 3.63) is 111 Å². The summed E-state index contributed by atoms with van der Waals surface area (Å²) in [5.41, 5.74) is 3.75. The molecule has 0 saturated carbocycles. The molecule has 0 bridgehead atoms. The fraction of sp³-hybridized carbons (Fsp3) is 0.0800. The number of ketones is 3. The number of carbonyl (C=O) groups is 3. The van der Waals surface area contributed by atoms with Crippen LogP contribution in [0, 0.1) is 13.8 Å². The highest BCUT2D eigenvalue weighted by molar-refractivity contribution is 6.39. The highest BCUT2D eigenvalue weighted by Crippen LogP contribution is 2.31. The van der Waals surface area contributed by atoms with Crippen LogP contribution in [-0.2, 0) is 0 Å². The SMILES string of the molecule is Cc1ccc2c(c1)C(=O)C(=CC=CC=CC1=C([O-])c3cc(C)ccc3C1=O)C2=O. The van der Waals surface area contributed by atoms with Gasteiger partial charge in [-0.05, 0) is 31.6 Å². The van der Waals surface area contributed by atoms with Gasteiger partial charge < -0.3 is 5.11 Å². The smallest absolute Gasteiger partial charge is 0.197 e. The number of Topliss-reactive ketones (excluding diaryl/α,β-unsaturated/α-hetero) is 3. The predicted octanol–water partition coefficient (Wildman–Crippen LogP) is 3.69. The first kappa shape index (κ1) is 18.6. The van der Waals surface area contributed by atoms with E-state index in [0.717, 1.165) is 11.1 Å². The second-order valence-corrected chi connectivity index (χ2v) is 7.15. The number of benzene rings is 2. The van der Waals surface area contributed by atoms with E-state index in [9.17, 15) is 19.5 Å². The molecule has 0 spiro atoms. The van der Waals surface area contributed by atoms with Crippen molar-refractivity contribution in [1.29, 1.82) is 0 Å². The zero-order valence-corrected chi connectivity index (χ0v) is 16.0. The van der Waals surface area contributed by atoms with Gasteiger partial charge in [0.2, 0.25) is 0 Å². The van der Waals surface area contributed by atoms with Gasteiger partial charge in [-0.1, -0.05) is 71.5 Å². The minimum atomic E-state index is -0.292. The number of aryl methyl sites for hydroxylation is 2. The van der Waals surface area contributed by atoms with E-state index in [-0.39, 0.29) is 34.3 Å². The number of hydrogen-bond acceptors (Lipinski definition) is 4. The summed E-state index contributed by atoms with van der Waals surface area (Å²) >= 11 is 0. The summed E-state index contributed by atoms with van der Waals surface area (Å²) in [6.07, 6.45) is 7.63. The molecule has 0 atom stereocenters. The largest absolute Gasteiger partial charge is 0.872 e. The second-order valence-electron chi connectivity index (χ2n) is 7.15. The second kappa shape index (κ2) is 6.99. The third kappa shape index (κ3) is 3.09. The summed E-state index contributed by atoms with van der Waals surface area (Å²) in [7, 11) is 0. The summed E-state index contributed by atoms with van der Waals surface area (Å²) in [5, 5.41) is 12.4. The van der Waals surface area contributed by atoms with Gasteiger partial charge in [0, 0.05) is 22.3 Å². The molecule has 0 aromatic heterocycles. The van der Waals surface area contributed by atoms with Crippen LogP contribution in [0.5, 0.6) is 0 Å². The van der Waals surface area contributed by atoms with Gasteiger partial charge in [-0.15, -0.1) is 0 Å². The van der Waals surface area contributed by atoms with Gasteiger partial charge >= 0.3 is 0 Å². The van der Waals surface area contributed by atoms with Gasteiger partial charge in [0.05, 0.1) is 5.57 Å². The molecule has 142 valence electrons. The topological polar surface area (TPSA) is 74.3 Å². The maximum Gasteiger partial charge on any atom is 0.197 e. The van der Waals surface area contributed by atoms with Crippen molar-refractivity contribution in [2.45, 2.75) is 13.8 Å². The predicted molar refractivity (Wildman–Crippen MR) is 109 cm³/mol. The van der Waals surface area contributed by atoms with E-state index >= 15 is 0 Å². The fourth-order valence-corrected chi connectivity index (χ4v) is 3.54. The van der Waals surface area contributed by atoms with E-state index in [4.69, 9.17) is 0 Å². The fourth-order valence-electron chi connectivity index (χ4n) is 3.54. The summed E-state index contributed by atoms with van der Waals surface area (Å²) in [5.74, 6) is -1.16. The molecule has 29 heavy (non-hydrogen) atoms. The first-order chi connectivity index (χ1) is 13.9. The molecule has 2 aromatic carbocycles. The molecule has 2 aliphatic rings. The molecule has 4 rings (SSSR count). The third-order valence-electron chi connectivity index (χ3n) is 5.06. The summed E-state index contributed by atoms with van der Waals surface area (Å²) in [6.45, 7) is 3.74. The minimum Gasteiger partial charge on any atom is -0.872 e. The Morgan fingerprint density at radius 1 is 0.690 bits per heavy atom. The molecule has 0 aliphatic heterocycles. The Morgan fingerprint density at radius 3 is 1.97 bits per heavy atom. The zero-order chi connectivity index (χ0) is 20.7. The molecular weight excluding hydrogens is 364 g/mol. The van der Waals surface area contributed by atoms with Crippen molar-refractivity contribution in [2.24, 2.45) is 0 Å². The van der Waals surface area contributed by atoms with Crippen LogP contribution in [0.3, 0.4) is 0 Å². The Morgan fingerprint density at radius 2 is 1.28 bits per heavy atom. The molecule has 0 unspecified atom stereocenters. The van der Waals surface area contributed by atoms with Crippen molar-refractivity contribution >= 4 is 23.1 Å². The summed E-state index contributed by atoms with van der Waals surface area (Å²) in [4.78, 5) is 37.2. The normalized spacial score (nSPS) is 17.3. The van der Waals surface area contributed by atoms with Crippen LogP contribution in [0.25, 0.3) is 5.76 Å². The van der Waals surface area contributed by atoms with Gasteiger partial charge in [0.15, 0.2) is 17.3 Å². The average molecular weight is 381 g/mol. The molecule has 2 aliphatic carbocycles. The van der Waals surface area contributed by atoms with E-state index in [1.54, 1.807) is 54.6 Å². The lowest BCUT2D eigenvalue weighted by molar-refractivity contribution is -0.244. The van der Waals surface area contributed by atoms with Crippen molar-refractivity contribution in [1.82, 2.24) is 0 Å². The monoisotopic (exact) mass is 381 g/mol. The lowest BCUT2D eigenvalue weighted by Gasteiger charge is -2.09. The molecule has 2 aromatic rings. The molecule has 4 heteroatoms. The molecule has 0 amide bonds. The lowest BCUT2D eigenvalue weighted by Crippen LogP contribution is -2.02. The average Bonchev–Trinajstić information content (AvgIpc) is 3.07. The van der Waals surface area contributed by atoms with E-state index in [1.165, 1.54) is 12.2 Å². The Bertz CT molecular complexity index is 1220. The highest BCUT2D eigenvalue weighted by Gasteiger charge is 2.32. The van der Waals surface area contributed by atoms with Crippen LogP contribution in [0.1, 0.15) is 47.8 Å². The van der Waals surface area contributed by atoms with Gasteiger partial charge in [0.1, 0.15) is 0 Å². The Kier molecular flexibility index (Phi) is 4.47. The van der Waals surface area contributed by atoms with Gasteiger partial charge in [0.25, 0.3) is 0 Å². The number of carbonyl (C=O) groups excluding carboxylic acids is 3. The standard InChI is InChI=1S/C25H18O4/c1-14-8-10-16-20(12-14)24(28)18(22(16)26)6-4-3-5-7-19-23(27)17-11-9-15(2)13-21(17)25(19)29/h3-13,28H,1-2H3/p-1. The molecule has 0 saturated heterocycles. The van der Waals surface area contributed by atoms with Crippen LogP contribution >= 0.6 is 0 Å². The van der Waals surface area contributed by atoms with E-state index in [1.807, 2.05) is 13.8 Å². The number of hydrogen-bond donors (Lipinski definition) is 0. The van der Waals surface area contributed by atoms with Crippen molar-refractivity contribution in [3.8, 4) is 0 Å². The van der Waals surface area contributed by atoms with E-state index in [0.29, 0.717) is 22.3 Å². The Labute approximate surface area is 168 Å². The van der Waals surface area contributed by atoms with E-state index in [2.05, 4.69) is 0 Å². The van der Waals surface area contributed by atoms with Crippen LogP contribution in [-0.4, -0.2) is 17.3 Å². The van der Waals surface area contributed by atoms with E-state index < -0.39 is 0 Å². The van der Waals surface area contributed by atoms with Crippen LogP contribution < -0.4 is 5.11 Å². The maximum absolute atomic E-state index is 12.4. The molecule has 0 fully saturated rings. The van der Waals surface area contributed by atoms with Gasteiger partial charge in [-0.25, -0.2) is 0 Å². The first-order valence-electron chi connectivity index (χ1n) is 9.20. The van der Waals surface area contributed by atoms with Crippen molar-refractivity contribution in [2.75, 3.05) is 0 Å². The molecule has 0 N–H and O–H groups in total. The maximum atomic E-state index is 12.4. The Hall–Kier alpha value is -3.79. The van der Waals surface area contributed by atoms with Gasteiger partial charge in [-0.2, -0.15) is 0 Å². The number of fused-ring (bicyclic) bond motifs is 2. The quantitative estimate of drug-likeness (QED) is 0.462. The summed E-state index contributed by atoms with van der Waals surface area (Å²) in [6, 6.07) is 10.4. The molecule has 0 radical (unpaired) electrons. The Balaban J connectivity index is 1.53. The number of allylic oxidation sites excluding steroid dienone is 7. The van der Waals surface area contributed by atoms with Crippen LogP contribution in [0.2, 0.25) is 0 Å². The minimum absolute atomic E-state index is 0.110. The van der Waals surface area contributed by atoms with Gasteiger partial charge in [-0.3, -0.25) is 14.4 Å². The zero-order valence-electron chi connectivity index (χ0n) is 16.0. The van der Waals surface area contributed by atoms with Crippen molar-refractivity contribution < 1.29 is 19.5 Å².